The van der Waals surface area contributed by atoms with Crippen LogP contribution in [0.4, 0.5) is 11.8 Å². The molecule has 2 aromatic rings. The van der Waals surface area contributed by atoms with E-state index in [9.17, 15) is 4.79 Å². The van der Waals surface area contributed by atoms with Crippen LogP contribution in [-0.4, -0.2) is 38.7 Å². The molecule has 0 radical (unpaired) electrons. The van der Waals surface area contributed by atoms with Gasteiger partial charge in [-0.05, 0) is 37.8 Å². The lowest BCUT2D eigenvalue weighted by Crippen LogP contribution is -2.24. The van der Waals surface area contributed by atoms with Crippen molar-refractivity contribution >= 4 is 17.7 Å². The van der Waals surface area contributed by atoms with Crippen LogP contribution < -0.4 is 10.2 Å². The Balaban J connectivity index is 1.57. The Labute approximate surface area is 134 Å². The normalized spacial score (nSPS) is 17.5. The van der Waals surface area contributed by atoms with Gasteiger partial charge in [-0.25, -0.2) is 4.98 Å². The molecule has 0 bridgehead atoms. The fourth-order valence-electron chi connectivity index (χ4n) is 3.07. The summed E-state index contributed by atoms with van der Waals surface area (Å²) in [5.74, 6) is 2.51. The lowest BCUT2D eigenvalue weighted by Gasteiger charge is -2.19. The van der Waals surface area contributed by atoms with Gasteiger partial charge in [0, 0.05) is 32.3 Å². The van der Waals surface area contributed by atoms with Crippen molar-refractivity contribution in [1.82, 2.24) is 19.7 Å². The number of pyridine rings is 1. The molecular weight excluding hydrogens is 292 g/mol. The first-order valence-electron chi connectivity index (χ1n) is 8.14. The summed E-state index contributed by atoms with van der Waals surface area (Å²) in [6, 6.07) is 3.61. The van der Waals surface area contributed by atoms with Crippen LogP contribution in [0.5, 0.6) is 0 Å². The number of hydrogen-bond acceptors (Lipinski definition) is 5. The highest BCUT2D eigenvalue weighted by Crippen LogP contribution is 2.39. The zero-order chi connectivity index (χ0) is 15.8. The average molecular weight is 312 g/mol. The van der Waals surface area contributed by atoms with E-state index < -0.39 is 0 Å². The van der Waals surface area contributed by atoms with Gasteiger partial charge in [0.2, 0.25) is 5.95 Å². The number of rotatable bonds is 4. The molecule has 2 fully saturated rings. The van der Waals surface area contributed by atoms with Gasteiger partial charge >= 0.3 is 0 Å². The largest absolute Gasteiger partial charge is 0.356 e. The van der Waals surface area contributed by atoms with Crippen LogP contribution in [0.3, 0.4) is 0 Å². The minimum absolute atomic E-state index is 0.183. The molecule has 2 aromatic heterocycles. The second kappa shape index (κ2) is 5.64. The van der Waals surface area contributed by atoms with E-state index in [1.54, 1.807) is 12.3 Å². The predicted molar refractivity (Wildman–Crippen MR) is 86.6 cm³/mol. The van der Waals surface area contributed by atoms with E-state index >= 15 is 0 Å². The molecule has 1 saturated heterocycles. The van der Waals surface area contributed by atoms with Crippen LogP contribution in [0.15, 0.2) is 18.3 Å². The molecule has 1 saturated carbocycles. The molecule has 120 valence electrons. The number of amides is 1. The number of hydrogen-bond donors (Lipinski definition) is 1. The van der Waals surface area contributed by atoms with Crippen molar-refractivity contribution in [3.05, 3.63) is 29.7 Å². The highest BCUT2D eigenvalue weighted by atomic mass is 16.1. The van der Waals surface area contributed by atoms with Gasteiger partial charge in [-0.3, -0.25) is 14.7 Å². The summed E-state index contributed by atoms with van der Waals surface area (Å²) in [5.41, 5.74) is 0.588. The second-order valence-electron chi connectivity index (χ2n) is 6.24. The van der Waals surface area contributed by atoms with Gasteiger partial charge in [0.05, 0.1) is 5.56 Å². The summed E-state index contributed by atoms with van der Waals surface area (Å²) >= 11 is 0. The molecule has 7 heteroatoms. The summed E-state index contributed by atoms with van der Waals surface area (Å²) in [7, 11) is 1.90. The van der Waals surface area contributed by atoms with E-state index in [1.165, 1.54) is 0 Å². The average Bonchev–Trinajstić information content (AvgIpc) is 3.13. The molecule has 4 rings (SSSR count). The summed E-state index contributed by atoms with van der Waals surface area (Å²) in [4.78, 5) is 19.3. The molecule has 0 atom stereocenters. The number of carbonyl (C=O) groups excluding carboxylic acids is 1. The van der Waals surface area contributed by atoms with Crippen LogP contribution in [0.2, 0.25) is 0 Å². The fraction of sp³-hybridized carbons (Fsp3) is 0.500. The van der Waals surface area contributed by atoms with E-state index in [1.807, 2.05) is 17.7 Å². The Morgan fingerprint density at radius 1 is 1.26 bits per heavy atom. The number of nitrogens with zero attached hydrogens (tertiary/aromatic N) is 5. The smallest absolute Gasteiger partial charge is 0.261 e. The number of aromatic nitrogens is 4. The zero-order valence-corrected chi connectivity index (χ0v) is 13.2. The maximum Gasteiger partial charge on any atom is 0.261 e. The van der Waals surface area contributed by atoms with Crippen molar-refractivity contribution in [2.45, 2.75) is 31.6 Å². The third kappa shape index (κ3) is 2.67. The first kappa shape index (κ1) is 14.2. The van der Waals surface area contributed by atoms with Gasteiger partial charge in [0.1, 0.15) is 11.6 Å². The van der Waals surface area contributed by atoms with Crippen molar-refractivity contribution in [2.75, 3.05) is 23.3 Å². The van der Waals surface area contributed by atoms with Gasteiger partial charge in [-0.2, -0.15) is 0 Å². The highest BCUT2D eigenvalue weighted by Gasteiger charge is 2.30. The van der Waals surface area contributed by atoms with Crippen LogP contribution >= 0.6 is 0 Å². The molecule has 1 amide bonds. The first-order chi connectivity index (χ1) is 11.2. The molecular formula is C16H20N6O. The summed E-state index contributed by atoms with van der Waals surface area (Å²) in [5, 5.41) is 11.2. The van der Waals surface area contributed by atoms with Crippen molar-refractivity contribution in [3.63, 3.8) is 0 Å². The molecule has 2 aliphatic rings. The maximum absolute atomic E-state index is 12.7. The van der Waals surface area contributed by atoms with Gasteiger partial charge in [-0.1, -0.05) is 0 Å². The molecule has 0 unspecified atom stereocenters. The minimum atomic E-state index is -0.183. The third-order valence-electron chi connectivity index (χ3n) is 4.51. The minimum Gasteiger partial charge on any atom is -0.356 e. The number of anilines is 2. The van der Waals surface area contributed by atoms with Crippen molar-refractivity contribution in [2.24, 2.45) is 7.05 Å². The van der Waals surface area contributed by atoms with Crippen LogP contribution in [0.25, 0.3) is 0 Å². The standard InChI is InChI=1S/C16H20N6O/c1-21-13(11-6-7-11)19-20-16(21)18-15(23)12-5-4-8-17-14(12)22-9-2-3-10-22/h4-5,8,11H,2-3,6-7,9-10H2,1H3,(H,18,20,23). The van der Waals surface area contributed by atoms with Crippen LogP contribution in [-0.2, 0) is 7.05 Å². The monoisotopic (exact) mass is 312 g/mol. The van der Waals surface area contributed by atoms with Gasteiger partial charge in [0.25, 0.3) is 5.91 Å². The van der Waals surface area contributed by atoms with E-state index in [2.05, 4.69) is 25.4 Å². The molecule has 1 N–H and O–H groups in total. The quantitative estimate of drug-likeness (QED) is 0.933. The number of nitrogens with one attached hydrogen (secondary N) is 1. The topological polar surface area (TPSA) is 75.9 Å². The molecule has 23 heavy (non-hydrogen) atoms. The van der Waals surface area contributed by atoms with Crippen LogP contribution in [0, 0.1) is 0 Å². The molecule has 0 aromatic carbocycles. The lowest BCUT2D eigenvalue weighted by molar-refractivity contribution is 0.102. The van der Waals surface area contributed by atoms with Crippen LogP contribution in [0.1, 0.15) is 47.8 Å². The third-order valence-corrected chi connectivity index (χ3v) is 4.51. The highest BCUT2D eigenvalue weighted by molar-refractivity contribution is 6.06. The fourth-order valence-corrected chi connectivity index (χ4v) is 3.07. The lowest BCUT2D eigenvalue weighted by atomic mass is 10.2. The van der Waals surface area contributed by atoms with Gasteiger partial charge < -0.3 is 4.90 Å². The molecule has 3 heterocycles. The van der Waals surface area contributed by atoms with Crippen molar-refractivity contribution < 1.29 is 4.79 Å². The molecule has 7 nitrogen and oxygen atoms in total. The van der Waals surface area contributed by atoms with E-state index in [0.717, 1.165) is 50.4 Å². The summed E-state index contributed by atoms with van der Waals surface area (Å²) < 4.78 is 1.88. The van der Waals surface area contributed by atoms with Crippen molar-refractivity contribution in [3.8, 4) is 0 Å². The Morgan fingerprint density at radius 2 is 2.04 bits per heavy atom. The molecule has 0 spiro atoms. The summed E-state index contributed by atoms with van der Waals surface area (Å²) in [6.45, 7) is 1.90. The van der Waals surface area contributed by atoms with Crippen molar-refractivity contribution in [1.29, 1.82) is 0 Å². The summed E-state index contributed by atoms with van der Waals surface area (Å²) in [6.07, 6.45) is 6.33. The Kier molecular flexibility index (Phi) is 3.48. The second-order valence-corrected chi connectivity index (χ2v) is 6.24. The maximum atomic E-state index is 12.7. The van der Waals surface area contributed by atoms with Gasteiger partial charge in [-0.15, -0.1) is 10.2 Å². The van der Waals surface area contributed by atoms with Gasteiger partial charge in [0.15, 0.2) is 0 Å². The first-order valence-corrected chi connectivity index (χ1v) is 8.14. The molecule has 1 aliphatic carbocycles. The zero-order valence-electron chi connectivity index (χ0n) is 13.2. The van der Waals surface area contributed by atoms with E-state index in [0.29, 0.717) is 17.4 Å². The van der Waals surface area contributed by atoms with E-state index in [-0.39, 0.29) is 5.91 Å². The number of carbonyl (C=O) groups is 1. The SMILES string of the molecule is Cn1c(NC(=O)c2cccnc2N2CCCC2)nnc1C1CC1. The molecule has 1 aliphatic heterocycles. The Hall–Kier alpha value is -2.44. The predicted octanol–water partition coefficient (Wildman–Crippen LogP) is 1.94. The Morgan fingerprint density at radius 3 is 2.78 bits per heavy atom. The van der Waals surface area contributed by atoms with E-state index in [4.69, 9.17) is 0 Å². The Bertz CT molecular complexity index is 730.